The van der Waals surface area contributed by atoms with Crippen LogP contribution in [0.3, 0.4) is 0 Å². The van der Waals surface area contributed by atoms with Crippen LogP contribution in [-0.4, -0.2) is 25.2 Å². The summed E-state index contributed by atoms with van der Waals surface area (Å²) < 4.78 is 37.0. The van der Waals surface area contributed by atoms with Gasteiger partial charge in [0.25, 0.3) is 0 Å². The zero-order valence-electron chi connectivity index (χ0n) is 11.2. The van der Waals surface area contributed by atoms with Crippen LogP contribution < -0.4 is 9.46 Å². The van der Waals surface area contributed by atoms with Gasteiger partial charge in [-0.05, 0) is 26.0 Å². The summed E-state index contributed by atoms with van der Waals surface area (Å²) in [6.07, 6.45) is 0. The molecule has 2 rings (SSSR count). The van der Waals surface area contributed by atoms with Crippen molar-refractivity contribution < 1.29 is 17.7 Å². The van der Waals surface area contributed by atoms with E-state index in [0.717, 1.165) is 0 Å². The number of aryl methyl sites for hydroxylation is 1. The third kappa shape index (κ3) is 3.34. The van der Waals surface area contributed by atoms with Gasteiger partial charge < -0.3 is 9.26 Å². The number of sulfonamides is 1. The SMILES string of the molecule is CCOc1ccccc1S(=O)(=O)NCc1nc(C)no1. The van der Waals surface area contributed by atoms with Crippen molar-refractivity contribution in [2.24, 2.45) is 0 Å². The van der Waals surface area contributed by atoms with E-state index in [-0.39, 0.29) is 17.3 Å². The quantitative estimate of drug-likeness (QED) is 0.862. The predicted octanol–water partition coefficient (Wildman–Crippen LogP) is 1.26. The molecule has 8 heteroatoms. The van der Waals surface area contributed by atoms with Gasteiger partial charge in [0.1, 0.15) is 10.6 Å². The summed E-state index contributed by atoms with van der Waals surface area (Å²) >= 11 is 0. The summed E-state index contributed by atoms with van der Waals surface area (Å²) in [5.41, 5.74) is 0. The molecule has 0 fully saturated rings. The van der Waals surface area contributed by atoms with Crippen LogP contribution in [0.5, 0.6) is 5.75 Å². The highest BCUT2D eigenvalue weighted by molar-refractivity contribution is 7.89. The molecule has 0 unspecified atom stereocenters. The van der Waals surface area contributed by atoms with Crippen LogP contribution >= 0.6 is 0 Å². The summed E-state index contributed by atoms with van der Waals surface area (Å²) in [6, 6.07) is 6.43. The standard InChI is InChI=1S/C12H15N3O4S/c1-3-18-10-6-4-5-7-11(10)20(16,17)13-8-12-14-9(2)15-19-12/h4-7,13H,3,8H2,1-2H3. The molecule has 2 aromatic rings. The molecule has 0 aliphatic rings. The highest BCUT2D eigenvalue weighted by Gasteiger charge is 2.19. The first-order chi connectivity index (χ1) is 9.53. The third-order valence-electron chi connectivity index (χ3n) is 2.42. The van der Waals surface area contributed by atoms with Gasteiger partial charge >= 0.3 is 0 Å². The van der Waals surface area contributed by atoms with E-state index in [2.05, 4.69) is 14.9 Å². The molecule has 0 aliphatic carbocycles. The van der Waals surface area contributed by atoms with Gasteiger partial charge in [0.05, 0.1) is 13.2 Å². The van der Waals surface area contributed by atoms with Gasteiger partial charge in [0.15, 0.2) is 5.82 Å². The molecule has 0 spiro atoms. The molecule has 0 radical (unpaired) electrons. The first kappa shape index (κ1) is 14.5. The molecule has 0 atom stereocenters. The van der Waals surface area contributed by atoms with Gasteiger partial charge in [-0.25, -0.2) is 13.1 Å². The highest BCUT2D eigenvalue weighted by atomic mass is 32.2. The first-order valence-electron chi connectivity index (χ1n) is 6.03. The minimum absolute atomic E-state index is 0.0658. The molecule has 0 saturated heterocycles. The molecule has 0 aliphatic heterocycles. The molecule has 0 amide bonds. The monoisotopic (exact) mass is 297 g/mol. The largest absolute Gasteiger partial charge is 0.492 e. The second-order valence-electron chi connectivity index (χ2n) is 3.94. The second-order valence-corrected chi connectivity index (χ2v) is 5.68. The molecule has 108 valence electrons. The van der Waals surface area contributed by atoms with Crippen LogP contribution in [0.15, 0.2) is 33.7 Å². The highest BCUT2D eigenvalue weighted by Crippen LogP contribution is 2.23. The average molecular weight is 297 g/mol. The Balaban J connectivity index is 2.18. The summed E-state index contributed by atoms with van der Waals surface area (Å²) in [6.45, 7) is 3.77. The van der Waals surface area contributed by atoms with Crippen LogP contribution in [-0.2, 0) is 16.6 Å². The maximum atomic E-state index is 12.2. The minimum Gasteiger partial charge on any atom is -0.492 e. The molecule has 1 heterocycles. The van der Waals surface area contributed by atoms with E-state index < -0.39 is 10.0 Å². The second kappa shape index (κ2) is 6.02. The Morgan fingerprint density at radius 2 is 2.10 bits per heavy atom. The lowest BCUT2D eigenvalue weighted by Gasteiger charge is -2.10. The predicted molar refractivity (Wildman–Crippen MR) is 70.7 cm³/mol. The number of para-hydroxylation sites is 1. The van der Waals surface area contributed by atoms with Crippen molar-refractivity contribution in [3.8, 4) is 5.75 Å². The molecular formula is C12H15N3O4S. The van der Waals surface area contributed by atoms with Gasteiger partial charge in [-0.3, -0.25) is 0 Å². The topological polar surface area (TPSA) is 94.3 Å². The number of aromatic nitrogens is 2. The van der Waals surface area contributed by atoms with E-state index in [1.807, 2.05) is 0 Å². The number of nitrogens with zero attached hydrogens (tertiary/aromatic N) is 2. The van der Waals surface area contributed by atoms with Crippen LogP contribution in [0.4, 0.5) is 0 Å². The molecule has 1 N–H and O–H groups in total. The average Bonchev–Trinajstić information content (AvgIpc) is 2.83. The Morgan fingerprint density at radius 1 is 1.35 bits per heavy atom. The number of nitrogens with one attached hydrogen (secondary N) is 1. The first-order valence-corrected chi connectivity index (χ1v) is 7.52. The van der Waals surface area contributed by atoms with Crippen LogP contribution in [0.25, 0.3) is 0 Å². The van der Waals surface area contributed by atoms with E-state index >= 15 is 0 Å². The molecule has 1 aromatic heterocycles. The van der Waals surface area contributed by atoms with Crippen molar-refractivity contribution >= 4 is 10.0 Å². The number of hydrogen-bond donors (Lipinski definition) is 1. The van der Waals surface area contributed by atoms with Gasteiger partial charge in [-0.1, -0.05) is 17.3 Å². The Morgan fingerprint density at radius 3 is 2.75 bits per heavy atom. The van der Waals surface area contributed by atoms with Gasteiger partial charge in [-0.2, -0.15) is 4.98 Å². The van der Waals surface area contributed by atoms with Crippen molar-refractivity contribution in [2.75, 3.05) is 6.61 Å². The summed E-state index contributed by atoms with van der Waals surface area (Å²) in [5, 5.41) is 3.59. The zero-order chi connectivity index (χ0) is 14.6. The fraction of sp³-hybridized carbons (Fsp3) is 0.333. The number of ether oxygens (including phenoxy) is 1. The summed E-state index contributed by atoms with van der Waals surface area (Å²) in [5.74, 6) is 0.970. The van der Waals surface area contributed by atoms with Crippen molar-refractivity contribution in [3.63, 3.8) is 0 Å². The molecular weight excluding hydrogens is 282 g/mol. The fourth-order valence-electron chi connectivity index (χ4n) is 1.59. The maximum absolute atomic E-state index is 12.2. The summed E-state index contributed by atoms with van der Waals surface area (Å²) in [7, 11) is -3.70. The van der Waals surface area contributed by atoms with E-state index in [9.17, 15) is 8.42 Å². The maximum Gasteiger partial charge on any atom is 0.244 e. The molecule has 1 aromatic carbocycles. The van der Waals surface area contributed by atoms with Crippen molar-refractivity contribution in [2.45, 2.75) is 25.3 Å². The number of benzene rings is 1. The molecule has 20 heavy (non-hydrogen) atoms. The van der Waals surface area contributed by atoms with Crippen molar-refractivity contribution in [3.05, 3.63) is 36.0 Å². The van der Waals surface area contributed by atoms with Crippen molar-refractivity contribution in [1.29, 1.82) is 0 Å². The van der Waals surface area contributed by atoms with E-state index in [0.29, 0.717) is 18.2 Å². The van der Waals surface area contributed by atoms with Crippen molar-refractivity contribution in [1.82, 2.24) is 14.9 Å². The van der Waals surface area contributed by atoms with Gasteiger partial charge in [-0.15, -0.1) is 0 Å². The zero-order valence-corrected chi connectivity index (χ0v) is 12.0. The van der Waals surface area contributed by atoms with E-state index in [1.165, 1.54) is 6.07 Å². The Labute approximate surface area is 117 Å². The Hall–Kier alpha value is -1.93. The smallest absolute Gasteiger partial charge is 0.244 e. The summed E-state index contributed by atoms with van der Waals surface area (Å²) in [4.78, 5) is 4.01. The van der Waals surface area contributed by atoms with E-state index in [4.69, 9.17) is 9.26 Å². The number of hydrogen-bond acceptors (Lipinski definition) is 6. The number of rotatable bonds is 6. The molecule has 0 saturated carbocycles. The normalized spacial score (nSPS) is 11.5. The van der Waals surface area contributed by atoms with E-state index in [1.54, 1.807) is 32.0 Å². The molecule has 7 nitrogen and oxygen atoms in total. The lowest BCUT2D eigenvalue weighted by Crippen LogP contribution is -2.24. The Kier molecular flexibility index (Phi) is 4.35. The van der Waals surface area contributed by atoms with Gasteiger partial charge in [0, 0.05) is 0 Å². The van der Waals surface area contributed by atoms with Crippen LogP contribution in [0.1, 0.15) is 18.6 Å². The third-order valence-corrected chi connectivity index (χ3v) is 3.86. The lowest BCUT2D eigenvalue weighted by molar-refractivity contribution is 0.330. The fourth-order valence-corrected chi connectivity index (χ4v) is 2.71. The lowest BCUT2D eigenvalue weighted by atomic mass is 10.3. The minimum atomic E-state index is -3.70. The molecule has 0 bridgehead atoms. The van der Waals surface area contributed by atoms with Crippen LogP contribution in [0, 0.1) is 6.92 Å². The van der Waals surface area contributed by atoms with Crippen LogP contribution in [0.2, 0.25) is 0 Å². The Bertz CT molecular complexity index is 682. The van der Waals surface area contributed by atoms with Gasteiger partial charge in [0.2, 0.25) is 15.9 Å².